The van der Waals surface area contributed by atoms with Gasteiger partial charge in [-0.05, 0) is 44.2 Å². The number of carbonyl (C=O) groups is 1. The average Bonchev–Trinajstić information content (AvgIpc) is 3.11. The second kappa shape index (κ2) is 10.8. The van der Waals surface area contributed by atoms with E-state index >= 15 is 0 Å². The number of aromatic nitrogens is 1. The SMILES string of the molecule is Cc1noc(C)c1CSc1ccccc1C(=O)NCC(O)COc1cccc(C(F)(F)F)c1. The Morgan fingerprint density at radius 2 is 1.97 bits per heavy atom. The second-order valence-corrected chi connectivity index (χ2v) is 8.31. The van der Waals surface area contributed by atoms with Crippen molar-refractivity contribution in [3.8, 4) is 5.75 Å². The van der Waals surface area contributed by atoms with Crippen LogP contribution in [0.2, 0.25) is 0 Å². The molecule has 1 heterocycles. The summed E-state index contributed by atoms with van der Waals surface area (Å²) >= 11 is 1.47. The smallest absolute Gasteiger partial charge is 0.416 e. The van der Waals surface area contributed by atoms with Gasteiger partial charge in [0, 0.05) is 22.8 Å². The predicted molar refractivity (Wildman–Crippen MR) is 117 cm³/mol. The molecule has 0 saturated heterocycles. The molecule has 10 heteroatoms. The van der Waals surface area contributed by atoms with Gasteiger partial charge >= 0.3 is 6.18 Å². The van der Waals surface area contributed by atoms with Crippen molar-refractivity contribution in [1.29, 1.82) is 0 Å². The summed E-state index contributed by atoms with van der Waals surface area (Å²) < 4.78 is 48.8. The number of nitrogens with zero attached hydrogens (tertiary/aromatic N) is 1. The van der Waals surface area contributed by atoms with E-state index in [1.54, 1.807) is 12.1 Å². The molecular formula is C23H23F3N2O4S. The van der Waals surface area contributed by atoms with Crippen LogP contribution in [0.25, 0.3) is 0 Å². The monoisotopic (exact) mass is 480 g/mol. The zero-order valence-corrected chi connectivity index (χ0v) is 18.8. The van der Waals surface area contributed by atoms with Crippen LogP contribution in [0, 0.1) is 13.8 Å². The van der Waals surface area contributed by atoms with Gasteiger partial charge in [-0.1, -0.05) is 23.4 Å². The van der Waals surface area contributed by atoms with Crippen LogP contribution >= 0.6 is 11.8 Å². The topological polar surface area (TPSA) is 84.6 Å². The first-order valence-electron chi connectivity index (χ1n) is 10.0. The number of hydrogen-bond donors (Lipinski definition) is 2. The molecule has 6 nitrogen and oxygen atoms in total. The van der Waals surface area contributed by atoms with Crippen LogP contribution in [0.3, 0.4) is 0 Å². The maximum absolute atomic E-state index is 12.8. The van der Waals surface area contributed by atoms with Crippen molar-refractivity contribution in [1.82, 2.24) is 10.5 Å². The van der Waals surface area contributed by atoms with Gasteiger partial charge in [-0.25, -0.2) is 0 Å². The normalized spacial score (nSPS) is 12.4. The molecule has 3 aromatic rings. The highest BCUT2D eigenvalue weighted by Crippen LogP contribution is 2.31. The van der Waals surface area contributed by atoms with E-state index in [1.807, 2.05) is 26.0 Å². The lowest BCUT2D eigenvalue weighted by molar-refractivity contribution is -0.137. The lowest BCUT2D eigenvalue weighted by Gasteiger charge is -2.15. The predicted octanol–water partition coefficient (Wildman–Crippen LogP) is 4.77. The molecule has 3 rings (SSSR count). The molecule has 0 aliphatic carbocycles. The minimum absolute atomic E-state index is 0.0173. The molecule has 176 valence electrons. The maximum Gasteiger partial charge on any atom is 0.416 e. The number of thioether (sulfide) groups is 1. The molecule has 0 saturated carbocycles. The highest BCUT2D eigenvalue weighted by molar-refractivity contribution is 7.98. The van der Waals surface area contributed by atoms with Crippen molar-refractivity contribution in [3.05, 3.63) is 76.7 Å². The molecular weight excluding hydrogens is 457 g/mol. The third-order valence-corrected chi connectivity index (χ3v) is 5.89. The van der Waals surface area contributed by atoms with E-state index in [4.69, 9.17) is 9.26 Å². The fourth-order valence-corrected chi connectivity index (χ4v) is 4.16. The summed E-state index contributed by atoms with van der Waals surface area (Å²) in [7, 11) is 0. The second-order valence-electron chi connectivity index (χ2n) is 7.29. The van der Waals surface area contributed by atoms with Crippen LogP contribution < -0.4 is 10.1 Å². The van der Waals surface area contributed by atoms with Crippen molar-refractivity contribution in [3.63, 3.8) is 0 Å². The Morgan fingerprint density at radius 3 is 2.67 bits per heavy atom. The van der Waals surface area contributed by atoms with Gasteiger partial charge < -0.3 is 19.7 Å². The van der Waals surface area contributed by atoms with Crippen molar-refractivity contribution in [2.45, 2.75) is 36.8 Å². The zero-order valence-electron chi connectivity index (χ0n) is 18.0. The Labute approximate surface area is 193 Å². The number of aliphatic hydroxyl groups excluding tert-OH is 1. The first-order valence-corrected chi connectivity index (χ1v) is 11.0. The average molecular weight is 481 g/mol. The van der Waals surface area contributed by atoms with Crippen LogP contribution in [0.4, 0.5) is 13.2 Å². The number of amides is 1. The van der Waals surface area contributed by atoms with E-state index in [9.17, 15) is 23.1 Å². The number of ether oxygens (including phenoxy) is 1. The van der Waals surface area contributed by atoms with Crippen molar-refractivity contribution >= 4 is 17.7 Å². The molecule has 0 radical (unpaired) electrons. The Balaban J connectivity index is 1.53. The molecule has 0 fully saturated rings. The number of benzene rings is 2. The van der Waals surface area contributed by atoms with E-state index in [2.05, 4.69) is 10.5 Å². The quantitative estimate of drug-likeness (QED) is 0.429. The zero-order chi connectivity index (χ0) is 24.0. The van der Waals surface area contributed by atoms with Crippen LogP contribution in [-0.4, -0.2) is 35.4 Å². The van der Waals surface area contributed by atoms with Crippen LogP contribution in [0.5, 0.6) is 5.75 Å². The third kappa shape index (κ3) is 6.75. The summed E-state index contributed by atoms with van der Waals surface area (Å²) in [5, 5.41) is 16.7. The number of aryl methyl sites for hydroxylation is 2. The van der Waals surface area contributed by atoms with Crippen molar-refractivity contribution in [2.24, 2.45) is 0 Å². The fourth-order valence-electron chi connectivity index (χ4n) is 2.96. The van der Waals surface area contributed by atoms with Gasteiger partial charge in [0.1, 0.15) is 24.2 Å². The highest BCUT2D eigenvalue weighted by atomic mass is 32.2. The molecule has 1 aromatic heterocycles. The van der Waals surface area contributed by atoms with Gasteiger partial charge in [0.2, 0.25) is 0 Å². The number of rotatable bonds is 9. The first-order chi connectivity index (χ1) is 15.6. The Hall–Kier alpha value is -2.98. The largest absolute Gasteiger partial charge is 0.491 e. The molecule has 2 N–H and O–H groups in total. The van der Waals surface area contributed by atoms with E-state index in [1.165, 1.54) is 23.9 Å². The minimum Gasteiger partial charge on any atom is -0.491 e. The number of halogens is 3. The number of nitrogens with one attached hydrogen (secondary N) is 1. The molecule has 0 aliphatic heterocycles. The summed E-state index contributed by atoms with van der Waals surface area (Å²) in [5.74, 6) is 0.913. The van der Waals surface area contributed by atoms with Crippen molar-refractivity contribution in [2.75, 3.05) is 13.2 Å². The van der Waals surface area contributed by atoms with Gasteiger partial charge in [-0.3, -0.25) is 4.79 Å². The van der Waals surface area contributed by atoms with E-state index in [0.717, 1.165) is 34.0 Å². The fraction of sp³-hybridized carbons (Fsp3) is 0.304. The number of alkyl halides is 3. The van der Waals surface area contributed by atoms with Crippen molar-refractivity contribution < 1.29 is 32.3 Å². The van der Waals surface area contributed by atoms with E-state index < -0.39 is 17.8 Å². The molecule has 1 amide bonds. The van der Waals surface area contributed by atoms with Crippen LogP contribution in [0.1, 0.15) is 32.9 Å². The molecule has 33 heavy (non-hydrogen) atoms. The molecule has 0 spiro atoms. The van der Waals surface area contributed by atoms with Crippen LogP contribution in [0.15, 0.2) is 57.9 Å². The number of hydrogen-bond acceptors (Lipinski definition) is 6. The lowest BCUT2D eigenvalue weighted by atomic mass is 10.2. The summed E-state index contributed by atoms with van der Waals surface area (Å²) in [6.45, 7) is 3.29. The highest BCUT2D eigenvalue weighted by Gasteiger charge is 2.30. The van der Waals surface area contributed by atoms with Gasteiger partial charge in [0.15, 0.2) is 0 Å². The molecule has 1 unspecified atom stereocenters. The molecule has 0 bridgehead atoms. The first kappa shape index (κ1) is 24.7. The minimum atomic E-state index is -4.48. The number of carbonyl (C=O) groups excluding carboxylic acids is 1. The number of aliphatic hydroxyl groups is 1. The summed E-state index contributed by atoms with van der Waals surface area (Å²) in [5.41, 5.74) is 1.37. The Bertz CT molecular complexity index is 1080. The Kier molecular flexibility index (Phi) is 8.04. The molecule has 2 aromatic carbocycles. The standard InChI is InChI=1S/C23H23F3N2O4S/c1-14-20(15(2)32-28-14)13-33-21-9-4-3-8-19(21)22(30)27-11-17(29)12-31-18-7-5-6-16(10-18)23(24,25)26/h3-10,17,29H,11-13H2,1-2H3,(H,27,30). The van der Waals surface area contributed by atoms with Gasteiger partial charge in [-0.2, -0.15) is 13.2 Å². The summed E-state index contributed by atoms with van der Waals surface area (Å²) in [6, 6.07) is 11.5. The van der Waals surface area contributed by atoms with E-state index in [-0.39, 0.29) is 24.8 Å². The van der Waals surface area contributed by atoms with Crippen LogP contribution in [-0.2, 0) is 11.9 Å². The Morgan fingerprint density at radius 1 is 1.21 bits per heavy atom. The summed E-state index contributed by atoms with van der Waals surface area (Å²) in [6.07, 6.45) is -5.59. The molecule has 0 aliphatic rings. The van der Waals surface area contributed by atoms with Gasteiger partial charge in [0.25, 0.3) is 5.91 Å². The molecule has 1 atom stereocenters. The maximum atomic E-state index is 12.8. The summed E-state index contributed by atoms with van der Waals surface area (Å²) in [4.78, 5) is 13.4. The lowest BCUT2D eigenvalue weighted by Crippen LogP contribution is -2.35. The van der Waals surface area contributed by atoms with E-state index in [0.29, 0.717) is 11.3 Å². The van der Waals surface area contributed by atoms with Gasteiger partial charge in [-0.15, -0.1) is 11.8 Å². The third-order valence-electron chi connectivity index (χ3n) is 4.79. The van der Waals surface area contributed by atoms with Gasteiger partial charge in [0.05, 0.1) is 16.8 Å².